The molecular formula is C16H22N4O2. The normalized spacial score (nSPS) is 15.0. The van der Waals surface area contributed by atoms with Crippen LogP contribution in [0.2, 0.25) is 0 Å². The van der Waals surface area contributed by atoms with Gasteiger partial charge in [-0.2, -0.15) is 0 Å². The van der Waals surface area contributed by atoms with Gasteiger partial charge in [-0.1, -0.05) is 19.4 Å². The van der Waals surface area contributed by atoms with Crippen LogP contribution in [0.5, 0.6) is 0 Å². The molecule has 118 valence electrons. The predicted molar refractivity (Wildman–Crippen MR) is 86.3 cm³/mol. The van der Waals surface area contributed by atoms with Crippen LogP contribution >= 0.6 is 0 Å². The molecule has 1 aromatic rings. The van der Waals surface area contributed by atoms with Crippen molar-refractivity contribution in [1.29, 1.82) is 5.41 Å². The number of unbranched alkanes of at least 4 members (excludes halogenated alkanes) is 1. The summed E-state index contributed by atoms with van der Waals surface area (Å²) in [6.07, 6.45) is 5.73. The number of pyridine rings is 1. The highest BCUT2D eigenvalue weighted by Gasteiger charge is 2.24. The van der Waals surface area contributed by atoms with Crippen LogP contribution < -0.4 is 10.6 Å². The number of aliphatic carboxylic acids is 1. The van der Waals surface area contributed by atoms with Crippen LogP contribution in [0.1, 0.15) is 31.7 Å². The van der Waals surface area contributed by atoms with E-state index in [1.54, 1.807) is 0 Å². The lowest BCUT2D eigenvalue weighted by atomic mass is 10.0. The minimum absolute atomic E-state index is 0.318. The Labute approximate surface area is 130 Å². The zero-order chi connectivity index (χ0) is 16.1. The second kappa shape index (κ2) is 7.06. The summed E-state index contributed by atoms with van der Waals surface area (Å²) in [5.74, 6) is -0.453. The van der Waals surface area contributed by atoms with Crippen molar-refractivity contribution in [1.82, 2.24) is 4.98 Å². The van der Waals surface area contributed by atoms with Crippen LogP contribution in [-0.2, 0) is 11.2 Å². The molecular weight excluding hydrogens is 280 g/mol. The Hall–Kier alpha value is -2.37. The standard InChI is InChI=1S/C16H22N4O2/c1-2-3-4-11-5-6-14(19-9-11)20-8-7-13(17)12(10-20)15(18)16(21)22/h5-6,9,18H,2-4,7-8,10,17H2,1H3,(H,21,22). The van der Waals surface area contributed by atoms with Gasteiger partial charge in [-0.25, -0.2) is 9.78 Å². The van der Waals surface area contributed by atoms with Crippen LogP contribution in [0.25, 0.3) is 0 Å². The number of anilines is 1. The fraction of sp³-hybridized carbons (Fsp3) is 0.438. The molecule has 0 fully saturated rings. The number of rotatable bonds is 6. The van der Waals surface area contributed by atoms with E-state index in [9.17, 15) is 4.79 Å². The van der Waals surface area contributed by atoms with Gasteiger partial charge in [0.05, 0.1) is 0 Å². The lowest BCUT2D eigenvalue weighted by molar-refractivity contribution is -0.129. The number of carboxylic acids is 1. The molecule has 2 rings (SSSR count). The number of aryl methyl sites for hydroxylation is 1. The van der Waals surface area contributed by atoms with Crippen molar-refractivity contribution in [3.05, 3.63) is 35.2 Å². The van der Waals surface area contributed by atoms with Gasteiger partial charge in [0.1, 0.15) is 11.5 Å². The Morgan fingerprint density at radius 2 is 2.27 bits per heavy atom. The quantitative estimate of drug-likeness (QED) is 0.697. The summed E-state index contributed by atoms with van der Waals surface area (Å²) >= 11 is 0. The summed E-state index contributed by atoms with van der Waals surface area (Å²) in [7, 11) is 0. The van der Waals surface area contributed by atoms with Gasteiger partial charge in [-0.05, 0) is 24.5 Å². The van der Waals surface area contributed by atoms with Gasteiger partial charge in [0.15, 0.2) is 0 Å². The molecule has 1 aliphatic rings. The average Bonchev–Trinajstić information content (AvgIpc) is 2.53. The second-order valence-corrected chi connectivity index (χ2v) is 5.48. The summed E-state index contributed by atoms with van der Waals surface area (Å²) in [5, 5.41) is 16.6. The number of carboxylic acid groups (broad SMARTS) is 1. The van der Waals surface area contributed by atoms with Crippen molar-refractivity contribution >= 4 is 17.5 Å². The zero-order valence-electron chi connectivity index (χ0n) is 12.8. The van der Waals surface area contributed by atoms with Crippen LogP contribution in [0.15, 0.2) is 29.6 Å². The van der Waals surface area contributed by atoms with Crippen LogP contribution in [0.3, 0.4) is 0 Å². The first-order valence-electron chi connectivity index (χ1n) is 7.52. The molecule has 0 saturated carbocycles. The highest BCUT2D eigenvalue weighted by Crippen LogP contribution is 2.21. The van der Waals surface area contributed by atoms with Gasteiger partial charge in [0, 0.05) is 37.0 Å². The minimum atomic E-state index is -1.25. The molecule has 6 heteroatoms. The monoisotopic (exact) mass is 302 g/mol. The molecule has 2 heterocycles. The number of nitrogens with two attached hydrogens (primary N) is 1. The number of carbonyl (C=O) groups is 1. The van der Waals surface area contributed by atoms with Gasteiger partial charge >= 0.3 is 5.97 Å². The van der Waals surface area contributed by atoms with Crippen molar-refractivity contribution in [2.24, 2.45) is 5.73 Å². The first-order valence-corrected chi connectivity index (χ1v) is 7.52. The van der Waals surface area contributed by atoms with E-state index in [1.165, 1.54) is 5.56 Å². The van der Waals surface area contributed by atoms with Crippen LogP contribution in [-0.4, -0.2) is 34.9 Å². The van der Waals surface area contributed by atoms with E-state index in [4.69, 9.17) is 16.2 Å². The number of aromatic nitrogens is 1. The largest absolute Gasteiger partial charge is 0.477 e. The lowest BCUT2D eigenvalue weighted by Gasteiger charge is -2.30. The van der Waals surface area contributed by atoms with E-state index in [0.29, 0.717) is 30.8 Å². The molecule has 4 N–H and O–H groups in total. The third kappa shape index (κ3) is 3.63. The molecule has 0 atom stereocenters. The van der Waals surface area contributed by atoms with E-state index >= 15 is 0 Å². The molecule has 0 saturated heterocycles. The first-order chi connectivity index (χ1) is 10.5. The number of hydrogen-bond acceptors (Lipinski definition) is 5. The molecule has 0 bridgehead atoms. The summed E-state index contributed by atoms with van der Waals surface area (Å²) in [6, 6.07) is 4.01. The van der Waals surface area contributed by atoms with Gasteiger partial charge in [0.25, 0.3) is 0 Å². The first kappa shape index (κ1) is 16.0. The highest BCUT2D eigenvalue weighted by atomic mass is 16.4. The van der Waals surface area contributed by atoms with E-state index in [0.717, 1.165) is 25.1 Å². The fourth-order valence-corrected chi connectivity index (χ4v) is 2.47. The smallest absolute Gasteiger partial charge is 0.354 e. The van der Waals surface area contributed by atoms with Crippen LogP contribution in [0, 0.1) is 5.41 Å². The summed E-state index contributed by atoms with van der Waals surface area (Å²) < 4.78 is 0. The molecule has 0 spiro atoms. The van der Waals surface area contributed by atoms with E-state index in [-0.39, 0.29) is 0 Å². The second-order valence-electron chi connectivity index (χ2n) is 5.48. The zero-order valence-corrected chi connectivity index (χ0v) is 12.8. The maximum Gasteiger partial charge on any atom is 0.354 e. The topological polar surface area (TPSA) is 103 Å². The van der Waals surface area contributed by atoms with E-state index in [1.807, 2.05) is 17.2 Å². The maximum absolute atomic E-state index is 11.0. The Kier molecular flexibility index (Phi) is 5.14. The molecule has 0 aromatic carbocycles. The molecule has 0 amide bonds. The van der Waals surface area contributed by atoms with E-state index in [2.05, 4.69) is 18.0 Å². The summed E-state index contributed by atoms with van der Waals surface area (Å²) in [4.78, 5) is 17.4. The van der Waals surface area contributed by atoms with Crippen molar-refractivity contribution in [2.75, 3.05) is 18.0 Å². The molecule has 6 nitrogen and oxygen atoms in total. The Morgan fingerprint density at radius 1 is 1.50 bits per heavy atom. The number of nitrogens with zero attached hydrogens (tertiary/aromatic N) is 2. The van der Waals surface area contributed by atoms with Crippen molar-refractivity contribution in [3.63, 3.8) is 0 Å². The Balaban J connectivity index is 2.11. The van der Waals surface area contributed by atoms with Crippen molar-refractivity contribution in [3.8, 4) is 0 Å². The summed E-state index contributed by atoms with van der Waals surface area (Å²) in [5.41, 5.74) is 7.52. The Morgan fingerprint density at radius 3 is 2.86 bits per heavy atom. The summed E-state index contributed by atoms with van der Waals surface area (Å²) in [6.45, 7) is 3.16. The third-order valence-corrected chi connectivity index (χ3v) is 3.86. The van der Waals surface area contributed by atoms with Gasteiger partial charge in [-0.3, -0.25) is 5.41 Å². The highest BCUT2D eigenvalue weighted by molar-refractivity contribution is 6.41. The maximum atomic E-state index is 11.0. The fourth-order valence-electron chi connectivity index (χ4n) is 2.47. The van der Waals surface area contributed by atoms with Gasteiger partial charge < -0.3 is 15.7 Å². The molecule has 22 heavy (non-hydrogen) atoms. The molecule has 0 unspecified atom stereocenters. The third-order valence-electron chi connectivity index (χ3n) is 3.86. The predicted octanol–water partition coefficient (Wildman–Crippen LogP) is 1.95. The van der Waals surface area contributed by atoms with Crippen LogP contribution in [0.4, 0.5) is 5.82 Å². The van der Waals surface area contributed by atoms with E-state index < -0.39 is 11.7 Å². The average molecular weight is 302 g/mol. The molecule has 1 aromatic heterocycles. The molecule has 1 aliphatic heterocycles. The van der Waals surface area contributed by atoms with Gasteiger partial charge in [0.2, 0.25) is 0 Å². The van der Waals surface area contributed by atoms with Crippen molar-refractivity contribution in [2.45, 2.75) is 32.6 Å². The lowest BCUT2D eigenvalue weighted by Crippen LogP contribution is -2.38. The molecule has 0 aliphatic carbocycles. The Bertz CT molecular complexity index is 593. The minimum Gasteiger partial charge on any atom is -0.477 e. The van der Waals surface area contributed by atoms with Crippen molar-refractivity contribution < 1.29 is 9.90 Å². The number of nitrogens with one attached hydrogen (secondary N) is 1. The number of hydrogen-bond donors (Lipinski definition) is 3. The molecule has 0 radical (unpaired) electrons. The van der Waals surface area contributed by atoms with Gasteiger partial charge in [-0.15, -0.1) is 0 Å². The SMILES string of the molecule is CCCCc1ccc(N2CCC(N)=C(C(=N)C(=O)O)C2)nc1.